The molecule has 150 valence electrons. The lowest BCUT2D eigenvalue weighted by Gasteiger charge is -2.28. The van der Waals surface area contributed by atoms with Gasteiger partial charge in [0, 0.05) is 37.2 Å². The van der Waals surface area contributed by atoms with E-state index in [0.717, 1.165) is 25.7 Å². The van der Waals surface area contributed by atoms with E-state index in [0.29, 0.717) is 37.2 Å². The van der Waals surface area contributed by atoms with Gasteiger partial charge in [-0.15, -0.1) is 0 Å². The van der Waals surface area contributed by atoms with E-state index in [1.54, 1.807) is 12.1 Å². The first kappa shape index (κ1) is 22.8. The van der Waals surface area contributed by atoms with Crippen molar-refractivity contribution in [2.45, 2.75) is 91.3 Å². The van der Waals surface area contributed by atoms with Crippen LogP contribution in [-0.2, 0) is 22.3 Å². The lowest BCUT2D eigenvalue weighted by molar-refractivity contribution is -0.0195. The Bertz CT molecular complexity index is 500. The first-order valence-electron chi connectivity index (χ1n) is 9.92. The monoisotopic (exact) mass is 366 g/mol. The molecule has 0 heterocycles. The van der Waals surface area contributed by atoms with Crippen LogP contribution in [0.5, 0.6) is 11.5 Å². The summed E-state index contributed by atoms with van der Waals surface area (Å²) >= 11 is 0. The van der Waals surface area contributed by atoms with Gasteiger partial charge < -0.3 is 19.7 Å². The van der Waals surface area contributed by atoms with Crippen LogP contribution in [0.2, 0.25) is 0 Å². The Hall–Kier alpha value is -1.26. The highest BCUT2D eigenvalue weighted by molar-refractivity contribution is 5.46. The van der Waals surface area contributed by atoms with E-state index in [9.17, 15) is 10.2 Å². The molecule has 0 atom stereocenters. The van der Waals surface area contributed by atoms with Crippen molar-refractivity contribution in [1.29, 1.82) is 0 Å². The first-order chi connectivity index (χ1) is 12.1. The molecule has 0 aliphatic rings. The molecule has 0 unspecified atom stereocenters. The third kappa shape index (κ3) is 7.96. The van der Waals surface area contributed by atoms with Crippen molar-refractivity contribution in [2.24, 2.45) is 0 Å². The Kier molecular flexibility index (Phi) is 8.91. The maximum atomic E-state index is 10.5. The standard InChI is InChI=1S/C22H38O4/c1-7-9-11-25-21(3,4)15-17-13-20(24)18(14-19(17)23)16-22(5,6)26-12-10-8-2/h13-14,23-24H,7-12,15-16H2,1-6H3. The minimum absolute atomic E-state index is 0.203. The smallest absolute Gasteiger partial charge is 0.119 e. The van der Waals surface area contributed by atoms with E-state index in [4.69, 9.17) is 9.47 Å². The molecular formula is C22H38O4. The van der Waals surface area contributed by atoms with Gasteiger partial charge in [0.05, 0.1) is 11.2 Å². The number of rotatable bonds is 12. The van der Waals surface area contributed by atoms with Gasteiger partial charge in [-0.05, 0) is 52.7 Å². The van der Waals surface area contributed by atoms with Crippen molar-refractivity contribution >= 4 is 0 Å². The Labute approximate surface area is 159 Å². The molecule has 4 heteroatoms. The van der Waals surface area contributed by atoms with Gasteiger partial charge >= 0.3 is 0 Å². The summed E-state index contributed by atoms with van der Waals surface area (Å²) in [5, 5.41) is 20.9. The summed E-state index contributed by atoms with van der Waals surface area (Å²) in [6, 6.07) is 3.33. The van der Waals surface area contributed by atoms with Crippen molar-refractivity contribution in [3.8, 4) is 11.5 Å². The number of ether oxygens (including phenoxy) is 2. The maximum absolute atomic E-state index is 10.5. The van der Waals surface area contributed by atoms with Gasteiger partial charge in [-0.2, -0.15) is 0 Å². The molecule has 0 saturated carbocycles. The quantitative estimate of drug-likeness (QED) is 0.385. The fourth-order valence-electron chi connectivity index (χ4n) is 2.95. The first-order valence-corrected chi connectivity index (χ1v) is 9.92. The number of hydrogen-bond acceptors (Lipinski definition) is 4. The molecule has 2 N–H and O–H groups in total. The zero-order valence-corrected chi connectivity index (χ0v) is 17.5. The van der Waals surface area contributed by atoms with Gasteiger partial charge in [-0.25, -0.2) is 0 Å². The van der Waals surface area contributed by atoms with Crippen molar-refractivity contribution in [1.82, 2.24) is 0 Å². The Morgan fingerprint density at radius 2 is 1.08 bits per heavy atom. The SMILES string of the molecule is CCCCOC(C)(C)Cc1cc(O)c(CC(C)(C)OCCCC)cc1O. The number of hydrogen-bond donors (Lipinski definition) is 2. The maximum Gasteiger partial charge on any atom is 0.119 e. The normalized spacial score (nSPS) is 12.5. The second-order valence-corrected chi connectivity index (χ2v) is 8.39. The van der Waals surface area contributed by atoms with E-state index in [-0.39, 0.29) is 22.7 Å². The van der Waals surface area contributed by atoms with Gasteiger partial charge in [0.15, 0.2) is 0 Å². The minimum Gasteiger partial charge on any atom is -0.508 e. The molecule has 1 rings (SSSR count). The van der Waals surface area contributed by atoms with Gasteiger partial charge in [-0.3, -0.25) is 0 Å². The second-order valence-electron chi connectivity index (χ2n) is 8.39. The third-order valence-electron chi connectivity index (χ3n) is 4.49. The largest absolute Gasteiger partial charge is 0.508 e. The molecule has 1 aromatic rings. The molecule has 0 aliphatic heterocycles. The summed E-state index contributed by atoms with van der Waals surface area (Å²) in [5.41, 5.74) is 0.640. The summed E-state index contributed by atoms with van der Waals surface area (Å²) in [5.74, 6) is 0.406. The van der Waals surface area contributed by atoms with Gasteiger partial charge in [0.1, 0.15) is 11.5 Å². The van der Waals surface area contributed by atoms with Crippen molar-refractivity contribution < 1.29 is 19.7 Å². The molecule has 0 bridgehead atoms. The van der Waals surface area contributed by atoms with Crippen LogP contribution >= 0.6 is 0 Å². The molecular weight excluding hydrogens is 328 g/mol. The fourth-order valence-corrected chi connectivity index (χ4v) is 2.95. The molecule has 0 fully saturated rings. The van der Waals surface area contributed by atoms with Crippen LogP contribution in [0.25, 0.3) is 0 Å². The Balaban J connectivity index is 2.81. The van der Waals surface area contributed by atoms with E-state index in [2.05, 4.69) is 13.8 Å². The minimum atomic E-state index is -0.386. The van der Waals surface area contributed by atoms with Crippen molar-refractivity contribution in [3.05, 3.63) is 23.3 Å². The van der Waals surface area contributed by atoms with Crippen LogP contribution in [0.4, 0.5) is 0 Å². The fraction of sp³-hybridized carbons (Fsp3) is 0.727. The van der Waals surface area contributed by atoms with Crippen LogP contribution in [0.1, 0.15) is 78.4 Å². The zero-order valence-electron chi connectivity index (χ0n) is 17.5. The van der Waals surface area contributed by atoms with Gasteiger partial charge in [0.25, 0.3) is 0 Å². The van der Waals surface area contributed by atoms with E-state index >= 15 is 0 Å². The number of unbranched alkanes of at least 4 members (excludes halogenated alkanes) is 2. The predicted octanol–water partition coefficient (Wildman–Crippen LogP) is 5.37. The topological polar surface area (TPSA) is 58.9 Å². The summed E-state index contributed by atoms with van der Waals surface area (Å²) in [4.78, 5) is 0. The lowest BCUT2D eigenvalue weighted by atomic mass is 9.92. The molecule has 0 saturated heterocycles. The molecule has 0 aliphatic carbocycles. The summed E-state index contributed by atoms with van der Waals surface area (Å²) in [6.07, 6.45) is 5.32. The highest BCUT2D eigenvalue weighted by atomic mass is 16.5. The number of benzene rings is 1. The molecule has 0 amide bonds. The van der Waals surface area contributed by atoms with Gasteiger partial charge in [-0.1, -0.05) is 26.7 Å². The van der Waals surface area contributed by atoms with Crippen molar-refractivity contribution in [3.63, 3.8) is 0 Å². The Morgan fingerprint density at radius 3 is 1.38 bits per heavy atom. The van der Waals surface area contributed by atoms with Gasteiger partial charge in [0.2, 0.25) is 0 Å². The highest BCUT2D eigenvalue weighted by Gasteiger charge is 2.24. The molecule has 26 heavy (non-hydrogen) atoms. The average molecular weight is 367 g/mol. The predicted molar refractivity (Wildman–Crippen MR) is 107 cm³/mol. The van der Waals surface area contributed by atoms with Crippen LogP contribution in [0, 0.1) is 0 Å². The molecule has 0 aromatic heterocycles. The second kappa shape index (κ2) is 10.2. The third-order valence-corrected chi connectivity index (χ3v) is 4.49. The average Bonchev–Trinajstić information content (AvgIpc) is 2.52. The molecule has 0 radical (unpaired) electrons. The number of aromatic hydroxyl groups is 2. The zero-order chi connectivity index (χ0) is 19.8. The van der Waals surface area contributed by atoms with Crippen LogP contribution in [0.3, 0.4) is 0 Å². The van der Waals surface area contributed by atoms with E-state index in [1.807, 2.05) is 27.7 Å². The number of phenols is 2. The summed E-state index contributed by atoms with van der Waals surface area (Å²) in [7, 11) is 0. The van der Waals surface area contributed by atoms with Crippen LogP contribution < -0.4 is 0 Å². The van der Waals surface area contributed by atoms with E-state index in [1.165, 1.54) is 0 Å². The molecule has 4 nitrogen and oxygen atoms in total. The molecule has 1 aromatic carbocycles. The van der Waals surface area contributed by atoms with E-state index < -0.39 is 0 Å². The van der Waals surface area contributed by atoms with Crippen molar-refractivity contribution in [2.75, 3.05) is 13.2 Å². The Morgan fingerprint density at radius 1 is 0.731 bits per heavy atom. The molecule has 0 spiro atoms. The highest BCUT2D eigenvalue weighted by Crippen LogP contribution is 2.33. The van der Waals surface area contributed by atoms with Crippen LogP contribution in [0.15, 0.2) is 12.1 Å². The number of phenolic OH excluding ortho intramolecular Hbond substituents is 2. The lowest BCUT2D eigenvalue weighted by Crippen LogP contribution is -2.29. The van der Waals surface area contributed by atoms with Crippen LogP contribution in [-0.4, -0.2) is 34.6 Å². The summed E-state index contributed by atoms with van der Waals surface area (Å²) < 4.78 is 11.8. The summed E-state index contributed by atoms with van der Waals surface area (Å²) in [6.45, 7) is 13.7.